The van der Waals surface area contributed by atoms with E-state index in [-0.39, 0.29) is 6.10 Å². The monoisotopic (exact) mass is 431 g/mol. The van der Waals surface area contributed by atoms with Crippen molar-refractivity contribution in [2.24, 2.45) is 7.05 Å². The summed E-state index contributed by atoms with van der Waals surface area (Å²) >= 11 is 0. The fraction of sp³-hybridized carbons (Fsp3) is 0.417. The van der Waals surface area contributed by atoms with Crippen LogP contribution in [0, 0.1) is 13.8 Å². The smallest absolute Gasteiger partial charge is 0.140 e. The molecule has 1 fully saturated rings. The van der Waals surface area contributed by atoms with Gasteiger partial charge in [0.05, 0.1) is 29.6 Å². The Morgan fingerprint density at radius 3 is 2.59 bits per heavy atom. The summed E-state index contributed by atoms with van der Waals surface area (Å²) in [6, 6.07) is 6.47. The average molecular weight is 432 g/mol. The lowest BCUT2D eigenvalue weighted by Gasteiger charge is -2.30. The fourth-order valence-corrected chi connectivity index (χ4v) is 4.59. The number of anilines is 1. The van der Waals surface area contributed by atoms with Crippen LogP contribution >= 0.6 is 0 Å². The maximum absolute atomic E-state index is 6.30. The van der Waals surface area contributed by atoms with Crippen LogP contribution in [0.1, 0.15) is 43.1 Å². The molecule has 0 saturated heterocycles. The molecule has 5 rings (SSSR count). The topological polar surface area (TPSA) is 82.7 Å². The summed E-state index contributed by atoms with van der Waals surface area (Å²) in [4.78, 5) is 9.06. The highest BCUT2D eigenvalue weighted by Gasteiger charge is 2.27. The van der Waals surface area contributed by atoms with Crippen molar-refractivity contribution >= 4 is 16.7 Å². The van der Waals surface area contributed by atoms with Crippen LogP contribution in [0.25, 0.3) is 22.2 Å². The molecule has 0 radical (unpaired) electrons. The Morgan fingerprint density at radius 1 is 1.09 bits per heavy atom. The largest absolute Gasteiger partial charge is 0.489 e. The number of ether oxygens (including phenoxy) is 1. The standard InChI is InChI=1S/C24H29N7O/c1-15-5-10-22(16(2)28-15)32-19-8-6-18(7-9-19)31-21-11-23(25-3)26-13-20(21)24(29-31)17-12-27-30(4)14-17/h5,10-14,18-19H,6-9H2,1-4H3,(H,25,26). The molecule has 1 aliphatic carbocycles. The molecule has 4 aromatic rings. The van der Waals surface area contributed by atoms with E-state index in [9.17, 15) is 0 Å². The lowest BCUT2D eigenvalue weighted by molar-refractivity contribution is 0.129. The first-order valence-electron chi connectivity index (χ1n) is 11.2. The molecule has 8 heteroatoms. The first-order valence-corrected chi connectivity index (χ1v) is 11.2. The van der Waals surface area contributed by atoms with Gasteiger partial charge in [-0.1, -0.05) is 0 Å². The Kier molecular flexibility index (Phi) is 5.28. The SMILES string of the molecule is CNc1cc2c(cn1)c(-c1cnn(C)c1)nn2C1CCC(Oc2ccc(C)nc2C)CC1. The number of hydrogen-bond acceptors (Lipinski definition) is 6. The Morgan fingerprint density at radius 2 is 1.91 bits per heavy atom. The van der Waals surface area contributed by atoms with Crippen LogP contribution in [-0.2, 0) is 7.05 Å². The van der Waals surface area contributed by atoms with Crippen molar-refractivity contribution in [3.63, 3.8) is 0 Å². The summed E-state index contributed by atoms with van der Waals surface area (Å²) in [6.07, 6.45) is 10.0. The van der Waals surface area contributed by atoms with Crippen molar-refractivity contribution in [1.29, 1.82) is 0 Å². The predicted octanol–water partition coefficient (Wildman–Crippen LogP) is 4.45. The summed E-state index contributed by atoms with van der Waals surface area (Å²) in [7, 11) is 3.81. The number of nitrogens with zero attached hydrogens (tertiary/aromatic N) is 6. The van der Waals surface area contributed by atoms with Crippen LogP contribution < -0.4 is 10.1 Å². The van der Waals surface area contributed by atoms with Gasteiger partial charge in [-0.3, -0.25) is 14.3 Å². The Bertz CT molecular complexity index is 1250. The highest BCUT2D eigenvalue weighted by atomic mass is 16.5. The van der Waals surface area contributed by atoms with Gasteiger partial charge in [0.25, 0.3) is 0 Å². The summed E-state index contributed by atoms with van der Waals surface area (Å²) in [5.74, 6) is 1.74. The summed E-state index contributed by atoms with van der Waals surface area (Å²) in [6.45, 7) is 4.02. The molecule has 0 aromatic carbocycles. The van der Waals surface area contributed by atoms with Gasteiger partial charge in [0.1, 0.15) is 17.3 Å². The molecule has 0 aliphatic heterocycles. The normalized spacial score (nSPS) is 18.8. The number of pyridine rings is 2. The lowest BCUT2D eigenvalue weighted by Crippen LogP contribution is -2.26. The zero-order valence-corrected chi connectivity index (χ0v) is 19.0. The molecule has 4 heterocycles. The van der Waals surface area contributed by atoms with E-state index in [4.69, 9.17) is 9.84 Å². The molecule has 4 aromatic heterocycles. The quantitative estimate of drug-likeness (QED) is 0.503. The number of aromatic nitrogens is 6. The number of fused-ring (bicyclic) bond motifs is 1. The van der Waals surface area contributed by atoms with Crippen LogP contribution in [0.5, 0.6) is 5.75 Å². The molecule has 8 nitrogen and oxygen atoms in total. The minimum atomic E-state index is 0.212. The van der Waals surface area contributed by atoms with Crippen molar-refractivity contribution < 1.29 is 4.74 Å². The van der Waals surface area contributed by atoms with Crippen LogP contribution in [0.4, 0.5) is 5.82 Å². The van der Waals surface area contributed by atoms with Gasteiger partial charge in [0.15, 0.2) is 0 Å². The van der Waals surface area contributed by atoms with E-state index in [0.717, 1.165) is 70.8 Å². The molecule has 1 saturated carbocycles. The van der Waals surface area contributed by atoms with Crippen LogP contribution in [0.15, 0.2) is 36.8 Å². The second-order valence-electron chi connectivity index (χ2n) is 8.62. The number of nitrogens with one attached hydrogen (secondary N) is 1. The highest BCUT2D eigenvalue weighted by Crippen LogP contribution is 2.36. The summed E-state index contributed by atoms with van der Waals surface area (Å²) < 4.78 is 10.3. The second kappa shape index (κ2) is 8.26. The van der Waals surface area contributed by atoms with E-state index in [1.807, 2.05) is 58.7 Å². The van der Waals surface area contributed by atoms with Gasteiger partial charge in [0.2, 0.25) is 0 Å². The van der Waals surface area contributed by atoms with E-state index < -0.39 is 0 Å². The van der Waals surface area contributed by atoms with E-state index in [1.54, 1.807) is 4.68 Å². The third-order valence-electron chi connectivity index (χ3n) is 6.29. The van der Waals surface area contributed by atoms with Crippen LogP contribution in [0.3, 0.4) is 0 Å². The van der Waals surface area contributed by atoms with Gasteiger partial charge in [-0.05, 0) is 51.7 Å². The van der Waals surface area contributed by atoms with Crippen molar-refractivity contribution in [1.82, 2.24) is 29.5 Å². The molecule has 32 heavy (non-hydrogen) atoms. The molecule has 166 valence electrons. The molecule has 0 unspecified atom stereocenters. The fourth-order valence-electron chi connectivity index (χ4n) is 4.59. The number of aryl methyl sites for hydroxylation is 3. The van der Waals surface area contributed by atoms with Gasteiger partial charge >= 0.3 is 0 Å². The van der Waals surface area contributed by atoms with Gasteiger partial charge in [-0.15, -0.1) is 0 Å². The Labute approximate surface area is 187 Å². The lowest BCUT2D eigenvalue weighted by atomic mass is 9.93. The van der Waals surface area contributed by atoms with E-state index in [0.29, 0.717) is 6.04 Å². The predicted molar refractivity (Wildman–Crippen MR) is 125 cm³/mol. The molecule has 0 spiro atoms. The van der Waals surface area contributed by atoms with Crippen LogP contribution in [0.2, 0.25) is 0 Å². The highest BCUT2D eigenvalue weighted by molar-refractivity contribution is 5.93. The van der Waals surface area contributed by atoms with Crippen molar-refractivity contribution in [2.45, 2.75) is 51.7 Å². The minimum absolute atomic E-state index is 0.212. The van der Waals surface area contributed by atoms with E-state index in [1.165, 1.54) is 0 Å². The molecule has 0 bridgehead atoms. The maximum atomic E-state index is 6.30. The molecule has 1 N–H and O–H groups in total. The molecular formula is C24H29N7O. The summed E-state index contributed by atoms with van der Waals surface area (Å²) in [5, 5.41) is 13.6. The number of rotatable bonds is 5. The number of hydrogen-bond donors (Lipinski definition) is 1. The average Bonchev–Trinajstić information content (AvgIpc) is 3.39. The molecular weight excluding hydrogens is 402 g/mol. The first-order chi connectivity index (χ1) is 15.5. The minimum Gasteiger partial charge on any atom is -0.489 e. The molecule has 0 amide bonds. The third kappa shape index (κ3) is 3.81. The van der Waals surface area contributed by atoms with Crippen molar-refractivity contribution in [2.75, 3.05) is 12.4 Å². The van der Waals surface area contributed by atoms with E-state index in [2.05, 4.69) is 31.1 Å². The van der Waals surface area contributed by atoms with Crippen molar-refractivity contribution in [3.05, 3.63) is 48.2 Å². The zero-order valence-electron chi connectivity index (χ0n) is 19.0. The van der Waals surface area contributed by atoms with Gasteiger partial charge in [0, 0.05) is 49.2 Å². The first kappa shape index (κ1) is 20.5. The zero-order chi connectivity index (χ0) is 22.2. The third-order valence-corrected chi connectivity index (χ3v) is 6.29. The van der Waals surface area contributed by atoms with Crippen LogP contribution in [-0.4, -0.2) is 42.7 Å². The Hall–Kier alpha value is -3.42. The Balaban J connectivity index is 1.40. The van der Waals surface area contributed by atoms with E-state index >= 15 is 0 Å². The van der Waals surface area contributed by atoms with Gasteiger partial charge < -0.3 is 10.1 Å². The summed E-state index contributed by atoms with van der Waals surface area (Å²) in [5.41, 5.74) is 5.02. The van der Waals surface area contributed by atoms with Gasteiger partial charge in [-0.25, -0.2) is 4.98 Å². The maximum Gasteiger partial charge on any atom is 0.140 e. The molecule has 1 aliphatic rings. The van der Waals surface area contributed by atoms with Crippen molar-refractivity contribution in [3.8, 4) is 17.0 Å². The second-order valence-corrected chi connectivity index (χ2v) is 8.62. The van der Waals surface area contributed by atoms with Gasteiger partial charge in [-0.2, -0.15) is 10.2 Å². The molecule has 0 atom stereocenters.